The molecule has 0 aromatic heterocycles. The van der Waals surface area contributed by atoms with E-state index in [9.17, 15) is 23.4 Å². The molecule has 8 heteroatoms. The highest BCUT2D eigenvalue weighted by atomic mass is 32.3. The molecule has 4 rings (SSSR count). The molecule has 9 atom stereocenters. The molecule has 3 fully saturated rings. The Morgan fingerprint density at radius 3 is 2.51 bits per heavy atom. The fourth-order valence-electron chi connectivity index (χ4n) is 8.87. The molecule has 35 heavy (non-hydrogen) atoms. The van der Waals surface area contributed by atoms with Gasteiger partial charge in [-0.15, -0.1) is 0 Å². The Morgan fingerprint density at radius 1 is 1.20 bits per heavy atom. The van der Waals surface area contributed by atoms with Crippen LogP contribution in [0.2, 0.25) is 0 Å². The first-order valence-electron chi connectivity index (χ1n) is 13.3. The van der Waals surface area contributed by atoms with Crippen LogP contribution in [0.4, 0.5) is 0 Å². The van der Waals surface area contributed by atoms with Crippen LogP contribution in [-0.4, -0.2) is 46.8 Å². The molecule has 4 aliphatic carbocycles. The Bertz CT molecular complexity index is 970. The van der Waals surface area contributed by atoms with Gasteiger partial charge in [0.05, 0.1) is 17.8 Å². The van der Waals surface area contributed by atoms with Crippen molar-refractivity contribution in [3.8, 4) is 0 Å². The van der Waals surface area contributed by atoms with E-state index in [-0.39, 0.29) is 46.7 Å². The average Bonchev–Trinajstić information content (AvgIpc) is 3.05. The minimum atomic E-state index is -4.52. The summed E-state index contributed by atoms with van der Waals surface area (Å²) in [4.78, 5) is 12.6. The highest BCUT2D eigenvalue weighted by Crippen LogP contribution is 2.67. The van der Waals surface area contributed by atoms with Crippen molar-refractivity contribution in [2.45, 2.75) is 110 Å². The van der Waals surface area contributed by atoms with Crippen molar-refractivity contribution in [2.24, 2.45) is 40.4 Å². The van der Waals surface area contributed by atoms with Gasteiger partial charge in [0.25, 0.3) is 0 Å². The molecule has 200 valence electrons. The summed E-state index contributed by atoms with van der Waals surface area (Å²) < 4.78 is 36.5. The lowest BCUT2D eigenvalue weighted by Gasteiger charge is -2.58. The van der Waals surface area contributed by atoms with Gasteiger partial charge in [-0.3, -0.25) is 9.35 Å². The summed E-state index contributed by atoms with van der Waals surface area (Å²) in [5, 5.41) is 22.8. The van der Waals surface area contributed by atoms with E-state index in [1.807, 2.05) is 20.8 Å². The van der Waals surface area contributed by atoms with E-state index in [4.69, 9.17) is 8.74 Å². The molecule has 3 N–H and O–H groups in total. The van der Waals surface area contributed by atoms with Crippen LogP contribution in [0, 0.1) is 40.4 Å². The van der Waals surface area contributed by atoms with Gasteiger partial charge in [0.1, 0.15) is 5.78 Å². The topological polar surface area (TPSA) is 121 Å². The summed E-state index contributed by atoms with van der Waals surface area (Å²) in [6, 6.07) is 0. The normalized spacial score (nSPS) is 43.1. The van der Waals surface area contributed by atoms with Gasteiger partial charge < -0.3 is 10.2 Å². The van der Waals surface area contributed by atoms with Crippen LogP contribution < -0.4 is 0 Å². The van der Waals surface area contributed by atoms with E-state index in [1.165, 1.54) is 5.57 Å². The molecule has 0 aromatic rings. The maximum absolute atomic E-state index is 12.6. The smallest absolute Gasteiger partial charge is 0.393 e. The number of carbonyl (C=O) groups is 1. The molecular formula is C27H44O7S. The molecule has 0 aromatic carbocycles. The van der Waals surface area contributed by atoms with Gasteiger partial charge in [0.15, 0.2) is 0 Å². The number of hydrogen-bond acceptors (Lipinski definition) is 6. The number of aliphatic hydroxyl groups is 2. The second-order valence-electron chi connectivity index (χ2n) is 13.1. The second kappa shape index (κ2) is 9.19. The Balaban J connectivity index is 1.57. The lowest BCUT2D eigenvalue weighted by atomic mass is 9.47. The predicted octanol–water partition coefficient (Wildman–Crippen LogP) is 4.48. The van der Waals surface area contributed by atoms with Gasteiger partial charge in [-0.2, -0.15) is 8.42 Å². The van der Waals surface area contributed by atoms with E-state index in [0.29, 0.717) is 38.0 Å². The van der Waals surface area contributed by atoms with Crippen molar-refractivity contribution in [2.75, 3.05) is 0 Å². The molecule has 0 bridgehead atoms. The third kappa shape index (κ3) is 5.02. The number of Topliss-reactive ketones (excluding diaryl/α,β-unsaturated/α-hetero) is 1. The van der Waals surface area contributed by atoms with Crippen LogP contribution in [0.15, 0.2) is 11.6 Å². The highest BCUT2D eigenvalue weighted by molar-refractivity contribution is 7.80. The highest BCUT2D eigenvalue weighted by Gasteiger charge is 2.61. The third-order valence-electron chi connectivity index (χ3n) is 10.2. The van der Waals surface area contributed by atoms with Gasteiger partial charge in [0.2, 0.25) is 0 Å². The van der Waals surface area contributed by atoms with Crippen molar-refractivity contribution in [3.05, 3.63) is 11.6 Å². The first-order chi connectivity index (χ1) is 16.1. The summed E-state index contributed by atoms with van der Waals surface area (Å²) in [5.41, 5.74) is -0.0523. The minimum Gasteiger partial charge on any atom is -0.393 e. The fourth-order valence-corrected chi connectivity index (χ4v) is 9.39. The zero-order valence-electron chi connectivity index (χ0n) is 21.9. The van der Waals surface area contributed by atoms with E-state index < -0.39 is 28.2 Å². The largest absolute Gasteiger partial charge is 0.397 e. The summed E-state index contributed by atoms with van der Waals surface area (Å²) in [6.07, 6.45) is 6.75. The fraction of sp³-hybridized carbons (Fsp3) is 0.889. The van der Waals surface area contributed by atoms with Crippen LogP contribution in [0.5, 0.6) is 0 Å². The molecule has 0 spiro atoms. The maximum Gasteiger partial charge on any atom is 0.397 e. The average molecular weight is 513 g/mol. The third-order valence-corrected chi connectivity index (χ3v) is 10.7. The molecule has 3 saturated carbocycles. The summed E-state index contributed by atoms with van der Waals surface area (Å²) >= 11 is 0. The second-order valence-corrected chi connectivity index (χ2v) is 14.2. The van der Waals surface area contributed by atoms with Crippen LogP contribution in [-0.2, 0) is 19.4 Å². The molecule has 0 amide bonds. The van der Waals surface area contributed by atoms with Crippen LogP contribution in [0.1, 0.15) is 92.4 Å². The summed E-state index contributed by atoms with van der Waals surface area (Å²) in [7, 11) is -4.52. The number of allylic oxidation sites excluding steroid dienone is 2. The monoisotopic (exact) mass is 512 g/mol. The Morgan fingerprint density at radius 2 is 1.89 bits per heavy atom. The number of ketones is 1. The zero-order chi connectivity index (χ0) is 26.0. The van der Waals surface area contributed by atoms with Crippen molar-refractivity contribution in [1.82, 2.24) is 0 Å². The molecule has 0 aliphatic heterocycles. The first-order valence-corrected chi connectivity index (χ1v) is 14.7. The Kier molecular flexibility index (Phi) is 7.15. The van der Waals surface area contributed by atoms with Crippen LogP contribution >= 0.6 is 0 Å². The van der Waals surface area contributed by atoms with E-state index >= 15 is 0 Å². The van der Waals surface area contributed by atoms with E-state index in [2.05, 4.69) is 19.9 Å². The Labute approximate surface area is 210 Å². The Hall–Kier alpha value is -0.800. The SMILES string of the molecule is CC(C)CC(=O)CC(C)(O)C1CCC2C3C[C@H](O)C4C[C@@H](OS(=O)(=O)O)CC[C@]4(C)C3=CC[C@@]21C. The van der Waals surface area contributed by atoms with Gasteiger partial charge >= 0.3 is 10.4 Å². The van der Waals surface area contributed by atoms with Crippen molar-refractivity contribution < 1.29 is 32.2 Å². The quantitative estimate of drug-likeness (QED) is 0.340. The molecule has 0 heterocycles. The van der Waals surface area contributed by atoms with Gasteiger partial charge in [-0.05, 0) is 92.3 Å². The number of hydrogen-bond donors (Lipinski definition) is 3. The van der Waals surface area contributed by atoms with E-state index in [0.717, 1.165) is 19.3 Å². The number of carbonyl (C=O) groups excluding carboxylic acids is 1. The van der Waals surface area contributed by atoms with Gasteiger partial charge in [-0.25, -0.2) is 4.18 Å². The van der Waals surface area contributed by atoms with Gasteiger partial charge in [-0.1, -0.05) is 39.3 Å². The molecule has 7 nitrogen and oxygen atoms in total. The minimum absolute atomic E-state index is 0.0236. The predicted molar refractivity (Wildman–Crippen MR) is 133 cm³/mol. The van der Waals surface area contributed by atoms with Crippen molar-refractivity contribution in [3.63, 3.8) is 0 Å². The molecule has 4 aliphatic rings. The zero-order valence-corrected chi connectivity index (χ0v) is 22.7. The number of rotatable bonds is 7. The summed E-state index contributed by atoms with van der Waals surface area (Å²) in [5.74, 6) is 0.853. The molecule has 5 unspecified atom stereocenters. The molecular weight excluding hydrogens is 468 g/mol. The van der Waals surface area contributed by atoms with Crippen LogP contribution in [0.3, 0.4) is 0 Å². The molecule has 0 radical (unpaired) electrons. The van der Waals surface area contributed by atoms with Crippen LogP contribution in [0.25, 0.3) is 0 Å². The van der Waals surface area contributed by atoms with Crippen molar-refractivity contribution >= 4 is 16.2 Å². The first kappa shape index (κ1) is 27.2. The van der Waals surface area contributed by atoms with E-state index in [1.54, 1.807) is 0 Å². The van der Waals surface area contributed by atoms with Crippen molar-refractivity contribution in [1.29, 1.82) is 0 Å². The lowest BCUT2D eigenvalue weighted by Crippen LogP contribution is -2.55. The summed E-state index contributed by atoms with van der Waals surface area (Å²) in [6.45, 7) is 10.3. The lowest BCUT2D eigenvalue weighted by molar-refractivity contribution is -0.131. The van der Waals surface area contributed by atoms with Gasteiger partial charge in [0, 0.05) is 12.8 Å². The number of fused-ring (bicyclic) bond motifs is 5. The molecule has 0 saturated heterocycles. The number of aliphatic hydroxyl groups excluding tert-OH is 1. The standard InChI is InChI=1S/C27H44O7S/c1-16(2)12-17(28)15-27(5,30)24-7-6-20-19-14-23(29)22-13-18(34-35(31,32)33)8-10-25(22,3)21(19)9-11-26(20,24)4/h9,16,18-20,22-24,29-30H,6-8,10-15H2,1-5H3,(H,31,32,33)/t18-,19?,20?,22?,23-,24?,25+,26-,27?/m0/s1. The maximum atomic E-state index is 12.6.